The first-order valence-corrected chi connectivity index (χ1v) is 7.64. The molecule has 5 nitrogen and oxygen atoms in total. The molecule has 0 amide bonds. The lowest BCUT2D eigenvalue weighted by Crippen LogP contribution is -2.06. The molecule has 0 saturated heterocycles. The third-order valence-corrected chi connectivity index (χ3v) is 4.02. The van der Waals surface area contributed by atoms with E-state index in [-0.39, 0.29) is 16.6 Å². The maximum absolute atomic E-state index is 11.7. The number of carbonyl (C=O) groups excluding carboxylic acids is 1. The molecule has 106 valence electrons. The Bertz CT molecular complexity index is 563. The molecular weight excluding hydrogens is 268 g/mol. The first-order chi connectivity index (χ1) is 8.86. The number of sulfone groups is 1. The normalized spacial score (nSPS) is 12.8. The monoisotopic (exact) mass is 286 g/mol. The van der Waals surface area contributed by atoms with Crippen molar-refractivity contribution in [3.8, 4) is 11.5 Å². The smallest absolute Gasteiger partial charge is 0.179 e. The summed E-state index contributed by atoms with van der Waals surface area (Å²) in [7, 11) is -0.572. The maximum atomic E-state index is 11.7. The summed E-state index contributed by atoms with van der Waals surface area (Å²) in [6.45, 7) is 1.87. The first-order valence-electron chi connectivity index (χ1n) is 5.75. The average Bonchev–Trinajstić information content (AvgIpc) is 2.35. The molecule has 0 N–H and O–H groups in total. The molecule has 6 heteroatoms. The lowest BCUT2D eigenvalue weighted by Gasteiger charge is -2.18. The second kappa shape index (κ2) is 6.06. The van der Waals surface area contributed by atoms with E-state index >= 15 is 0 Å². The molecule has 0 heterocycles. The Morgan fingerprint density at radius 1 is 1.21 bits per heavy atom. The number of ether oxygens (including phenoxy) is 2. The summed E-state index contributed by atoms with van der Waals surface area (Å²) in [4.78, 5) is 10.7. The fourth-order valence-electron chi connectivity index (χ4n) is 1.92. The van der Waals surface area contributed by atoms with Gasteiger partial charge >= 0.3 is 0 Å². The molecule has 1 atom stereocenters. The van der Waals surface area contributed by atoms with Crippen LogP contribution in [0.25, 0.3) is 0 Å². The minimum absolute atomic E-state index is 0.0741. The molecule has 0 aliphatic carbocycles. The Morgan fingerprint density at radius 2 is 1.79 bits per heavy atom. The van der Waals surface area contributed by atoms with Crippen molar-refractivity contribution < 1.29 is 22.7 Å². The van der Waals surface area contributed by atoms with Gasteiger partial charge < -0.3 is 14.3 Å². The largest absolute Gasteiger partial charge is 0.493 e. The van der Waals surface area contributed by atoms with E-state index < -0.39 is 9.84 Å². The number of hydrogen-bond acceptors (Lipinski definition) is 5. The van der Waals surface area contributed by atoms with E-state index in [0.29, 0.717) is 12.2 Å². The van der Waals surface area contributed by atoms with E-state index in [0.717, 1.165) is 18.1 Å². The minimum atomic E-state index is -3.41. The van der Waals surface area contributed by atoms with Crippen LogP contribution in [0.3, 0.4) is 0 Å². The molecule has 0 spiro atoms. The molecular formula is C13H18O5S. The summed E-state index contributed by atoms with van der Waals surface area (Å²) in [5.74, 6) is 0.468. The average molecular weight is 286 g/mol. The third-order valence-electron chi connectivity index (χ3n) is 2.89. The van der Waals surface area contributed by atoms with Gasteiger partial charge in [-0.05, 0) is 12.0 Å². The highest BCUT2D eigenvalue weighted by Crippen LogP contribution is 2.40. The highest BCUT2D eigenvalue weighted by Gasteiger charge is 2.23. The highest BCUT2D eigenvalue weighted by molar-refractivity contribution is 7.90. The zero-order chi connectivity index (χ0) is 14.6. The van der Waals surface area contributed by atoms with Gasteiger partial charge in [0, 0.05) is 18.2 Å². The van der Waals surface area contributed by atoms with Gasteiger partial charge in [-0.15, -0.1) is 0 Å². The van der Waals surface area contributed by atoms with Gasteiger partial charge in [0.1, 0.15) is 11.2 Å². The summed E-state index contributed by atoms with van der Waals surface area (Å²) in [5, 5.41) is 0. The van der Waals surface area contributed by atoms with Crippen LogP contribution in [-0.4, -0.2) is 35.2 Å². The second-order valence-electron chi connectivity index (χ2n) is 4.30. The lowest BCUT2D eigenvalue weighted by molar-refractivity contribution is -0.108. The van der Waals surface area contributed by atoms with E-state index in [1.165, 1.54) is 20.3 Å². The Balaban J connectivity index is 3.51. The summed E-state index contributed by atoms with van der Waals surface area (Å²) in [5.41, 5.74) is 0.749. The molecule has 0 saturated carbocycles. The number of hydrogen-bond donors (Lipinski definition) is 0. The zero-order valence-electron chi connectivity index (χ0n) is 11.5. The zero-order valence-corrected chi connectivity index (χ0v) is 12.3. The molecule has 0 bridgehead atoms. The summed E-state index contributed by atoms with van der Waals surface area (Å²) in [6, 6.07) is 3.14. The standard InChI is InChI=1S/C13H18O5S/c1-9(7-8-14)10-5-6-11(19(4,15)16)13(18-3)12(10)17-2/h5-6,8-9H,7H2,1-4H3. The third kappa shape index (κ3) is 3.26. The number of benzene rings is 1. The van der Waals surface area contributed by atoms with Crippen molar-refractivity contribution in [2.24, 2.45) is 0 Å². The Morgan fingerprint density at radius 3 is 2.21 bits per heavy atom. The van der Waals surface area contributed by atoms with E-state index in [9.17, 15) is 13.2 Å². The fourth-order valence-corrected chi connectivity index (χ4v) is 2.74. The number of rotatable bonds is 6. The molecule has 0 fully saturated rings. The van der Waals surface area contributed by atoms with Crippen LogP contribution in [0.5, 0.6) is 11.5 Å². The van der Waals surface area contributed by atoms with Crippen molar-refractivity contribution in [2.45, 2.75) is 24.2 Å². The van der Waals surface area contributed by atoms with Crippen LogP contribution in [0.2, 0.25) is 0 Å². The van der Waals surface area contributed by atoms with Crippen LogP contribution in [0.1, 0.15) is 24.8 Å². The molecule has 1 aromatic carbocycles. The van der Waals surface area contributed by atoms with Gasteiger partial charge in [0.05, 0.1) is 14.2 Å². The first kappa shape index (κ1) is 15.5. The fraction of sp³-hybridized carbons (Fsp3) is 0.462. The maximum Gasteiger partial charge on any atom is 0.179 e. The van der Waals surface area contributed by atoms with Crippen LogP contribution in [0.4, 0.5) is 0 Å². The summed E-state index contributed by atoms with van der Waals surface area (Å²) >= 11 is 0. The molecule has 1 aromatic rings. The molecule has 0 aliphatic heterocycles. The van der Waals surface area contributed by atoms with Crippen molar-refractivity contribution >= 4 is 16.1 Å². The van der Waals surface area contributed by atoms with Gasteiger partial charge in [0.15, 0.2) is 21.3 Å². The van der Waals surface area contributed by atoms with Gasteiger partial charge in [-0.25, -0.2) is 8.42 Å². The summed E-state index contributed by atoms with van der Waals surface area (Å²) < 4.78 is 33.8. The van der Waals surface area contributed by atoms with Crippen LogP contribution < -0.4 is 9.47 Å². The van der Waals surface area contributed by atoms with Crippen molar-refractivity contribution in [3.05, 3.63) is 17.7 Å². The summed E-state index contributed by atoms with van der Waals surface area (Å²) in [6.07, 6.45) is 2.26. The van der Waals surface area contributed by atoms with Crippen LogP contribution in [-0.2, 0) is 14.6 Å². The van der Waals surface area contributed by atoms with Crippen LogP contribution in [0.15, 0.2) is 17.0 Å². The quantitative estimate of drug-likeness (QED) is 0.746. The molecule has 0 aliphatic rings. The van der Waals surface area contributed by atoms with E-state index in [4.69, 9.17) is 9.47 Å². The van der Waals surface area contributed by atoms with Crippen molar-refractivity contribution in [1.29, 1.82) is 0 Å². The Kier molecular flexibility index (Phi) is 4.94. The van der Waals surface area contributed by atoms with Crippen molar-refractivity contribution in [3.63, 3.8) is 0 Å². The predicted molar refractivity (Wildman–Crippen MR) is 71.8 cm³/mol. The highest BCUT2D eigenvalue weighted by atomic mass is 32.2. The molecule has 0 aromatic heterocycles. The second-order valence-corrected chi connectivity index (χ2v) is 6.28. The van der Waals surface area contributed by atoms with Gasteiger partial charge in [-0.3, -0.25) is 0 Å². The van der Waals surface area contributed by atoms with Crippen molar-refractivity contribution in [1.82, 2.24) is 0 Å². The van der Waals surface area contributed by atoms with Gasteiger partial charge in [0.25, 0.3) is 0 Å². The van der Waals surface area contributed by atoms with Crippen LogP contribution in [0, 0.1) is 0 Å². The predicted octanol–water partition coefficient (Wildman–Crippen LogP) is 1.80. The van der Waals surface area contributed by atoms with Crippen molar-refractivity contribution in [2.75, 3.05) is 20.5 Å². The van der Waals surface area contributed by atoms with Gasteiger partial charge in [-0.2, -0.15) is 0 Å². The SMILES string of the molecule is COc1c(C(C)CC=O)ccc(S(C)(=O)=O)c1OC. The Hall–Kier alpha value is -1.56. The molecule has 1 rings (SSSR count). The molecule has 1 unspecified atom stereocenters. The molecule has 0 radical (unpaired) electrons. The number of aldehydes is 1. The Labute approximate surface area is 113 Å². The van der Waals surface area contributed by atoms with E-state index in [1.54, 1.807) is 6.07 Å². The molecule has 19 heavy (non-hydrogen) atoms. The van der Waals surface area contributed by atoms with Gasteiger partial charge in [-0.1, -0.05) is 13.0 Å². The minimum Gasteiger partial charge on any atom is -0.493 e. The van der Waals surface area contributed by atoms with Crippen LogP contribution >= 0.6 is 0 Å². The van der Waals surface area contributed by atoms with E-state index in [1.807, 2.05) is 6.92 Å². The number of methoxy groups -OCH3 is 2. The topological polar surface area (TPSA) is 69.7 Å². The van der Waals surface area contributed by atoms with E-state index in [2.05, 4.69) is 0 Å². The lowest BCUT2D eigenvalue weighted by atomic mass is 9.97. The number of carbonyl (C=O) groups is 1. The van der Waals surface area contributed by atoms with Gasteiger partial charge in [0.2, 0.25) is 0 Å².